The number of hydrogen-bond acceptors (Lipinski definition) is 6. The van der Waals surface area contributed by atoms with E-state index in [2.05, 4.69) is 5.32 Å². The third kappa shape index (κ3) is 5.49. The van der Waals surface area contributed by atoms with Crippen molar-refractivity contribution in [1.29, 1.82) is 0 Å². The molecular weight excluding hydrogens is 454 g/mol. The first-order valence-corrected chi connectivity index (χ1v) is 10.7. The molecule has 3 rings (SSSR count). The fraction of sp³-hybridized carbons (Fsp3) is 0.182. The highest BCUT2D eigenvalue weighted by atomic mass is 35.5. The minimum atomic E-state index is -0.638. The van der Waals surface area contributed by atoms with Gasteiger partial charge in [0.05, 0.1) is 9.93 Å². The van der Waals surface area contributed by atoms with Gasteiger partial charge in [0.15, 0.2) is 6.61 Å². The summed E-state index contributed by atoms with van der Waals surface area (Å²) in [4.78, 5) is 49.4. The van der Waals surface area contributed by atoms with Crippen LogP contribution in [-0.4, -0.2) is 41.0 Å². The SMILES string of the molecule is Cc1cccc(C)c1NC(=O)CN1C(=O)SC(=Cc2ccc(OCC(N)=O)c(Cl)c2)C1=O. The van der Waals surface area contributed by atoms with Crippen molar-refractivity contribution in [2.24, 2.45) is 5.73 Å². The predicted molar refractivity (Wildman–Crippen MR) is 123 cm³/mol. The molecule has 0 spiro atoms. The van der Waals surface area contributed by atoms with Gasteiger partial charge in [-0.1, -0.05) is 35.9 Å². The lowest BCUT2D eigenvalue weighted by molar-refractivity contribution is -0.127. The van der Waals surface area contributed by atoms with E-state index < -0.39 is 29.5 Å². The average Bonchev–Trinajstić information content (AvgIpc) is 2.97. The van der Waals surface area contributed by atoms with E-state index in [1.54, 1.807) is 6.07 Å². The number of anilines is 1. The van der Waals surface area contributed by atoms with Crippen LogP contribution in [0.2, 0.25) is 5.02 Å². The molecule has 0 aromatic heterocycles. The zero-order valence-corrected chi connectivity index (χ0v) is 18.9. The Balaban J connectivity index is 1.70. The molecular formula is C22H20ClN3O5S. The van der Waals surface area contributed by atoms with Gasteiger partial charge in [-0.15, -0.1) is 0 Å². The van der Waals surface area contributed by atoms with Gasteiger partial charge < -0.3 is 15.8 Å². The maximum absolute atomic E-state index is 12.7. The number of benzene rings is 2. The largest absolute Gasteiger partial charge is 0.482 e. The number of nitrogens with two attached hydrogens (primary N) is 1. The Kier molecular flexibility index (Phi) is 7.22. The van der Waals surface area contributed by atoms with Crippen LogP contribution in [0.25, 0.3) is 6.08 Å². The van der Waals surface area contributed by atoms with E-state index in [0.29, 0.717) is 11.3 Å². The third-order valence-corrected chi connectivity index (χ3v) is 5.75. The smallest absolute Gasteiger partial charge is 0.294 e. The van der Waals surface area contributed by atoms with Crippen molar-refractivity contribution >= 4 is 58.1 Å². The van der Waals surface area contributed by atoms with Gasteiger partial charge in [-0.3, -0.25) is 24.1 Å². The Morgan fingerprint density at radius 2 is 1.88 bits per heavy atom. The molecule has 3 N–H and O–H groups in total. The number of hydrogen-bond donors (Lipinski definition) is 2. The molecule has 0 bridgehead atoms. The number of carbonyl (C=O) groups excluding carboxylic acids is 4. The van der Waals surface area contributed by atoms with Gasteiger partial charge in [0.2, 0.25) is 5.91 Å². The number of imide groups is 1. The number of nitrogens with zero attached hydrogens (tertiary/aromatic N) is 1. The topological polar surface area (TPSA) is 119 Å². The van der Waals surface area contributed by atoms with Crippen molar-refractivity contribution in [3.05, 3.63) is 63.0 Å². The predicted octanol–water partition coefficient (Wildman–Crippen LogP) is 3.50. The first-order valence-electron chi connectivity index (χ1n) is 9.48. The minimum Gasteiger partial charge on any atom is -0.482 e. The van der Waals surface area contributed by atoms with Crippen molar-refractivity contribution < 1.29 is 23.9 Å². The summed E-state index contributed by atoms with van der Waals surface area (Å²) in [5.41, 5.74) is 8.01. The first-order chi connectivity index (χ1) is 15.2. The van der Waals surface area contributed by atoms with Gasteiger partial charge in [-0.2, -0.15) is 0 Å². The average molecular weight is 474 g/mol. The Bertz CT molecular complexity index is 1130. The molecule has 4 amide bonds. The standard InChI is InChI=1S/C22H20ClN3O5S/c1-12-4-3-5-13(2)20(12)25-19(28)10-26-21(29)17(32-22(26)30)9-14-6-7-16(15(23)8-14)31-11-18(24)27/h3-9H,10-11H2,1-2H3,(H2,24,27)(H,25,28). The van der Waals surface area contributed by atoms with Crippen LogP contribution in [0.4, 0.5) is 10.5 Å². The van der Waals surface area contributed by atoms with E-state index in [-0.39, 0.29) is 22.3 Å². The van der Waals surface area contributed by atoms with Crippen molar-refractivity contribution in [2.45, 2.75) is 13.8 Å². The molecule has 8 nitrogen and oxygen atoms in total. The normalized spacial score (nSPS) is 14.7. The number of aryl methyl sites for hydroxylation is 2. The molecule has 1 fully saturated rings. The Labute approximate surface area is 193 Å². The van der Waals surface area contributed by atoms with Crippen LogP contribution in [0.5, 0.6) is 5.75 Å². The maximum Gasteiger partial charge on any atom is 0.294 e. The zero-order valence-electron chi connectivity index (χ0n) is 17.3. The summed E-state index contributed by atoms with van der Waals surface area (Å²) in [6.45, 7) is 3.01. The van der Waals surface area contributed by atoms with E-state index in [0.717, 1.165) is 27.8 Å². The highest BCUT2D eigenvalue weighted by Crippen LogP contribution is 2.34. The Morgan fingerprint density at radius 3 is 2.50 bits per heavy atom. The minimum absolute atomic E-state index is 0.164. The van der Waals surface area contributed by atoms with Crippen LogP contribution in [0, 0.1) is 13.8 Å². The molecule has 166 valence electrons. The molecule has 0 saturated carbocycles. The van der Waals surface area contributed by atoms with Crippen LogP contribution >= 0.6 is 23.4 Å². The summed E-state index contributed by atoms with van der Waals surface area (Å²) in [5, 5.41) is 2.44. The van der Waals surface area contributed by atoms with Gasteiger partial charge in [-0.25, -0.2) is 0 Å². The lowest BCUT2D eigenvalue weighted by Gasteiger charge is -2.15. The van der Waals surface area contributed by atoms with Crippen molar-refractivity contribution in [1.82, 2.24) is 4.90 Å². The highest BCUT2D eigenvalue weighted by Gasteiger charge is 2.36. The second-order valence-corrected chi connectivity index (χ2v) is 8.43. The molecule has 1 heterocycles. The van der Waals surface area contributed by atoms with Crippen LogP contribution in [-0.2, 0) is 14.4 Å². The third-order valence-electron chi connectivity index (χ3n) is 4.54. The molecule has 0 atom stereocenters. The fourth-order valence-electron chi connectivity index (χ4n) is 2.99. The lowest BCUT2D eigenvalue weighted by atomic mass is 10.1. The van der Waals surface area contributed by atoms with Crippen LogP contribution in [0.1, 0.15) is 16.7 Å². The molecule has 1 saturated heterocycles. The van der Waals surface area contributed by atoms with E-state index >= 15 is 0 Å². The second-order valence-electron chi connectivity index (χ2n) is 7.03. The Morgan fingerprint density at radius 1 is 1.19 bits per heavy atom. The number of amides is 4. The second kappa shape index (κ2) is 9.88. The summed E-state index contributed by atoms with van der Waals surface area (Å²) in [6.07, 6.45) is 1.50. The number of thioether (sulfide) groups is 1. The number of halogens is 1. The van der Waals surface area contributed by atoms with Gasteiger partial charge in [0.25, 0.3) is 17.1 Å². The quantitative estimate of drug-likeness (QED) is 0.594. The summed E-state index contributed by atoms with van der Waals surface area (Å²) in [6, 6.07) is 10.3. The van der Waals surface area contributed by atoms with E-state index in [1.165, 1.54) is 18.2 Å². The number of nitrogens with one attached hydrogen (secondary N) is 1. The van der Waals surface area contributed by atoms with Crippen LogP contribution < -0.4 is 15.8 Å². The summed E-state index contributed by atoms with van der Waals surface area (Å²) in [7, 11) is 0. The molecule has 10 heteroatoms. The number of para-hydroxylation sites is 1. The van der Waals surface area contributed by atoms with Crippen LogP contribution in [0.3, 0.4) is 0 Å². The molecule has 2 aromatic carbocycles. The lowest BCUT2D eigenvalue weighted by Crippen LogP contribution is -2.36. The molecule has 1 aliphatic rings. The van der Waals surface area contributed by atoms with Gasteiger partial charge in [-0.05, 0) is 60.5 Å². The number of ether oxygens (including phenoxy) is 1. The van der Waals surface area contributed by atoms with Crippen LogP contribution in [0.15, 0.2) is 41.3 Å². The summed E-state index contributed by atoms with van der Waals surface area (Å²) >= 11 is 6.87. The van der Waals surface area contributed by atoms with E-state index in [1.807, 2.05) is 32.0 Å². The van der Waals surface area contributed by atoms with Gasteiger partial charge in [0, 0.05) is 5.69 Å². The van der Waals surface area contributed by atoms with Crippen molar-refractivity contribution in [2.75, 3.05) is 18.5 Å². The number of rotatable bonds is 7. The maximum atomic E-state index is 12.7. The first kappa shape index (κ1) is 23.4. The van der Waals surface area contributed by atoms with Crippen molar-refractivity contribution in [3.63, 3.8) is 0 Å². The van der Waals surface area contributed by atoms with Gasteiger partial charge >= 0.3 is 0 Å². The molecule has 32 heavy (non-hydrogen) atoms. The number of primary amides is 1. The summed E-state index contributed by atoms with van der Waals surface area (Å²) < 4.78 is 5.18. The van der Waals surface area contributed by atoms with Crippen molar-refractivity contribution in [3.8, 4) is 5.75 Å². The monoisotopic (exact) mass is 473 g/mol. The molecule has 0 radical (unpaired) electrons. The fourth-order valence-corrected chi connectivity index (χ4v) is 4.08. The Hall–Kier alpha value is -3.30. The highest BCUT2D eigenvalue weighted by molar-refractivity contribution is 8.18. The summed E-state index contributed by atoms with van der Waals surface area (Å²) in [5.74, 6) is -1.41. The number of carbonyl (C=O) groups is 4. The molecule has 0 unspecified atom stereocenters. The molecule has 1 aliphatic heterocycles. The van der Waals surface area contributed by atoms with E-state index in [9.17, 15) is 19.2 Å². The molecule has 2 aromatic rings. The van der Waals surface area contributed by atoms with Gasteiger partial charge in [0.1, 0.15) is 12.3 Å². The van der Waals surface area contributed by atoms with E-state index in [4.69, 9.17) is 22.1 Å². The molecule has 0 aliphatic carbocycles. The zero-order chi connectivity index (χ0) is 23.4.